The topological polar surface area (TPSA) is 17.1 Å². The number of carbonyl (C=O) groups excluding carboxylic acids is 1. The van der Waals surface area contributed by atoms with Gasteiger partial charge in [0.25, 0.3) is 5.24 Å². The zero-order chi connectivity index (χ0) is 7.28. The monoisotopic (exact) mass is 144 g/mol. The molecule has 1 nitrogen and oxygen atoms in total. The zero-order valence-electron chi connectivity index (χ0n) is 5.36. The molecule has 0 spiro atoms. The lowest BCUT2D eigenvalue weighted by atomic mass is 10.2. The van der Waals surface area contributed by atoms with E-state index >= 15 is 0 Å². The van der Waals surface area contributed by atoms with Crippen molar-refractivity contribution in [3.8, 4) is 0 Å². The standard InChI is InChI=1S/C7H9ClO/c1-3-5-6(4-2)7(8)9/h4-5H,2-3H2,1H3/b6-5+. The third-order valence-electron chi connectivity index (χ3n) is 0.871. The predicted molar refractivity (Wildman–Crippen MR) is 39.4 cm³/mol. The van der Waals surface area contributed by atoms with Gasteiger partial charge in [0.05, 0.1) is 0 Å². The lowest BCUT2D eigenvalue weighted by Crippen LogP contribution is -1.87. The molecule has 0 unspecified atom stereocenters. The molecule has 0 saturated heterocycles. The Morgan fingerprint density at radius 1 is 1.78 bits per heavy atom. The first-order valence-electron chi connectivity index (χ1n) is 2.74. The van der Waals surface area contributed by atoms with E-state index in [1.54, 1.807) is 6.08 Å². The highest BCUT2D eigenvalue weighted by Gasteiger charge is 1.97. The van der Waals surface area contributed by atoms with E-state index < -0.39 is 5.24 Å². The fourth-order valence-electron chi connectivity index (χ4n) is 0.464. The average Bonchev–Trinajstić information content (AvgIpc) is 1.82. The molecule has 0 aliphatic rings. The van der Waals surface area contributed by atoms with Crippen molar-refractivity contribution in [2.75, 3.05) is 0 Å². The molecular weight excluding hydrogens is 136 g/mol. The Hall–Kier alpha value is -0.560. The number of carbonyl (C=O) groups is 1. The number of rotatable bonds is 3. The van der Waals surface area contributed by atoms with Crippen molar-refractivity contribution in [3.63, 3.8) is 0 Å². The van der Waals surface area contributed by atoms with Crippen molar-refractivity contribution in [1.82, 2.24) is 0 Å². The second-order valence-electron chi connectivity index (χ2n) is 1.55. The van der Waals surface area contributed by atoms with E-state index in [1.165, 1.54) is 6.08 Å². The van der Waals surface area contributed by atoms with Crippen LogP contribution >= 0.6 is 11.6 Å². The highest BCUT2D eigenvalue weighted by Crippen LogP contribution is 2.01. The summed E-state index contributed by atoms with van der Waals surface area (Å²) in [6.45, 7) is 5.36. The fourth-order valence-corrected chi connectivity index (χ4v) is 0.618. The quantitative estimate of drug-likeness (QED) is 0.338. The van der Waals surface area contributed by atoms with Crippen LogP contribution in [0.3, 0.4) is 0 Å². The molecule has 0 aliphatic carbocycles. The molecule has 0 aromatic rings. The number of halogens is 1. The molecule has 9 heavy (non-hydrogen) atoms. The summed E-state index contributed by atoms with van der Waals surface area (Å²) >= 11 is 5.14. The summed E-state index contributed by atoms with van der Waals surface area (Å²) in [4.78, 5) is 10.4. The number of hydrogen-bond acceptors (Lipinski definition) is 1. The third kappa shape index (κ3) is 3.09. The smallest absolute Gasteiger partial charge is 0.252 e. The predicted octanol–water partition coefficient (Wildman–Crippen LogP) is 2.27. The maximum absolute atomic E-state index is 10.4. The summed E-state index contributed by atoms with van der Waals surface area (Å²) in [5, 5.41) is -0.438. The maximum atomic E-state index is 10.4. The Kier molecular flexibility index (Phi) is 4.06. The molecule has 0 bridgehead atoms. The van der Waals surface area contributed by atoms with Gasteiger partial charge in [-0.1, -0.05) is 25.7 Å². The van der Waals surface area contributed by atoms with Crippen molar-refractivity contribution in [2.45, 2.75) is 13.3 Å². The Morgan fingerprint density at radius 2 is 2.33 bits per heavy atom. The second-order valence-corrected chi connectivity index (χ2v) is 1.89. The van der Waals surface area contributed by atoms with Gasteiger partial charge in [-0.2, -0.15) is 0 Å². The minimum absolute atomic E-state index is 0.438. The number of allylic oxidation sites excluding steroid dienone is 3. The molecule has 0 fully saturated rings. The van der Waals surface area contributed by atoms with Gasteiger partial charge in [-0.3, -0.25) is 4.79 Å². The van der Waals surface area contributed by atoms with Gasteiger partial charge in [-0.15, -0.1) is 0 Å². The van der Waals surface area contributed by atoms with Crippen LogP contribution in [0, 0.1) is 0 Å². The van der Waals surface area contributed by atoms with Crippen LogP contribution in [0.25, 0.3) is 0 Å². The van der Waals surface area contributed by atoms with E-state index in [1.807, 2.05) is 6.92 Å². The van der Waals surface area contributed by atoms with Crippen LogP contribution in [-0.2, 0) is 4.79 Å². The van der Waals surface area contributed by atoms with Gasteiger partial charge in [-0.25, -0.2) is 0 Å². The van der Waals surface area contributed by atoms with Gasteiger partial charge in [0.1, 0.15) is 0 Å². The average molecular weight is 145 g/mol. The van der Waals surface area contributed by atoms with E-state index in [9.17, 15) is 4.79 Å². The molecule has 0 N–H and O–H groups in total. The largest absolute Gasteiger partial charge is 0.276 e. The van der Waals surface area contributed by atoms with E-state index in [4.69, 9.17) is 11.6 Å². The molecule has 0 aliphatic heterocycles. The molecule has 0 heterocycles. The highest BCUT2D eigenvalue weighted by atomic mass is 35.5. The first-order valence-corrected chi connectivity index (χ1v) is 3.12. The number of hydrogen-bond donors (Lipinski definition) is 0. The molecule has 0 rings (SSSR count). The first kappa shape index (κ1) is 8.44. The highest BCUT2D eigenvalue weighted by molar-refractivity contribution is 6.68. The Balaban J connectivity index is 4.14. The molecule has 50 valence electrons. The van der Waals surface area contributed by atoms with Crippen LogP contribution in [-0.4, -0.2) is 5.24 Å². The third-order valence-corrected chi connectivity index (χ3v) is 1.09. The normalized spacial score (nSPS) is 11.1. The summed E-state index contributed by atoms with van der Waals surface area (Å²) in [6.07, 6.45) is 4.00. The van der Waals surface area contributed by atoms with Crippen LogP contribution in [0.15, 0.2) is 24.3 Å². The minimum atomic E-state index is -0.438. The summed E-state index contributed by atoms with van der Waals surface area (Å²) in [7, 11) is 0. The summed E-state index contributed by atoms with van der Waals surface area (Å²) in [6, 6.07) is 0. The van der Waals surface area contributed by atoms with E-state index in [2.05, 4.69) is 6.58 Å². The second kappa shape index (κ2) is 4.33. The van der Waals surface area contributed by atoms with E-state index in [0.29, 0.717) is 5.57 Å². The van der Waals surface area contributed by atoms with E-state index in [-0.39, 0.29) is 0 Å². The van der Waals surface area contributed by atoms with E-state index in [0.717, 1.165) is 6.42 Å². The van der Waals surface area contributed by atoms with Crippen LogP contribution in [0.2, 0.25) is 0 Å². The first-order chi connectivity index (χ1) is 4.22. The van der Waals surface area contributed by atoms with Crippen molar-refractivity contribution < 1.29 is 4.79 Å². The Morgan fingerprint density at radius 3 is 2.44 bits per heavy atom. The van der Waals surface area contributed by atoms with Crippen LogP contribution in [0.5, 0.6) is 0 Å². The van der Waals surface area contributed by atoms with Crippen molar-refractivity contribution >= 4 is 16.8 Å². The fraction of sp³-hybridized carbons (Fsp3) is 0.286. The summed E-state index contributed by atoms with van der Waals surface area (Å²) in [5.74, 6) is 0. The molecule has 0 aromatic carbocycles. The molecular formula is C7H9ClO. The van der Waals surface area contributed by atoms with Crippen LogP contribution in [0.4, 0.5) is 0 Å². The minimum Gasteiger partial charge on any atom is -0.276 e. The van der Waals surface area contributed by atoms with Crippen molar-refractivity contribution in [3.05, 3.63) is 24.3 Å². The van der Waals surface area contributed by atoms with Gasteiger partial charge in [-0.05, 0) is 18.0 Å². The van der Waals surface area contributed by atoms with Crippen LogP contribution < -0.4 is 0 Å². The lowest BCUT2D eigenvalue weighted by molar-refractivity contribution is -0.108. The summed E-state index contributed by atoms with van der Waals surface area (Å²) < 4.78 is 0. The van der Waals surface area contributed by atoms with Gasteiger partial charge < -0.3 is 0 Å². The lowest BCUT2D eigenvalue weighted by Gasteiger charge is -1.88. The van der Waals surface area contributed by atoms with Gasteiger partial charge in [0.15, 0.2) is 0 Å². The Bertz CT molecular complexity index is 147. The zero-order valence-corrected chi connectivity index (χ0v) is 6.11. The molecule has 0 saturated carbocycles. The Labute approximate surface area is 60.0 Å². The molecule has 0 amide bonds. The molecule has 0 aromatic heterocycles. The van der Waals surface area contributed by atoms with Crippen molar-refractivity contribution in [1.29, 1.82) is 0 Å². The molecule has 2 heteroatoms. The summed E-state index contributed by atoms with van der Waals surface area (Å²) in [5.41, 5.74) is 0.485. The van der Waals surface area contributed by atoms with Crippen LogP contribution in [0.1, 0.15) is 13.3 Å². The molecule has 0 atom stereocenters. The van der Waals surface area contributed by atoms with Gasteiger partial charge >= 0.3 is 0 Å². The maximum Gasteiger partial charge on any atom is 0.252 e. The van der Waals surface area contributed by atoms with Gasteiger partial charge in [0.2, 0.25) is 0 Å². The van der Waals surface area contributed by atoms with Crippen molar-refractivity contribution in [2.24, 2.45) is 0 Å². The SMILES string of the molecule is C=C/C(=C\CC)C(=O)Cl. The molecule has 0 radical (unpaired) electrons. The van der Waals surface area contributed by atoms with Gasteiger partial charge in [0, 0.05) is 5.57 Å².